The van der Waals surface area contributed by atoms with E-state index in [9.17, 15) is 17.8 Å². The van der Waals surface area contributed by atoms with E-state index in [1.165, 1.54) is 89.9 Å². The summed E-state index contributed by atoms with van der Waals surface area (Å²) in [7, 11) is 0.633. The van der Waals surface area contributed by atoms with Crippen LogP contribution in [0, 0.1) is 0 Å². The van der Waals surface area contributed by atoms with E-state index in [2.05, 4.69) is 30.5 Å². The van der Waals surface area contributed by atoms with E-state index in [4.69, 9.17) is 5.11 Å². The summed E-state index contributed by atoms with van der Waals surface area (Å²) in [6.07, 6.45) is 22.0. The Hall–Kier alpha value is -0.740. The number of carbonyl (C=O) groups is 1. The maximum absolute atomic E-state index is 11.9. The minimum atomic E-state index is -4.41. The van der Waals surface area contributed by atoms with Crippen molar-refractivity contribution in [2.75, 3.05) is 47.4 Å². The number of quaternary nitrogens is 1. The molecule has 35 heavy (non-hydrogen) atoms. The molecule has 0 unspecified atom stereocenters. The van der Waals surface area contributed by atoms with Gasteiger partial charge < -0.3 is 19.5 Å². The highest BCUT2D eigenvalue weighted by molar-refractivity contribution is 7.80. The number of likely N-dealkylation sites (N-methyl/N-ethyl adjacent to an activating group) is 1. The summed E-state index contributed by atoms with van der Waals surface area (Å²) in [6, 6.07) is 0. The molecule has 0 fully saturated rings. The lowest BCUT2D eigenvalue weighted by Crippen LogP contribution is -2.43. The number of carbonyl (C=O) groups excluding carboxylic acids is 1. The van der Waals surface area contributed by atoms with Crippen molar-refractivity contribution in [1.29, 1.82) is 0 Å². The lowest BCUT2D eigenvalue weighted by molar-refractivity contribution is -0.890. The number of unbranched alkanes of at least 4 members (excludes halogenated alkanes) is 14. The van der Waals surface area contributed by atoms with Crippen molar-refractivity contribution in [1.82, 2.24) is 5.32 Å². The van der Waals surface area contributed by atoms with Crippen LogP contribution in [0.3, 0.4) is 0 Å². The van der Waals surface area contributed by atoms with Crippen molar-refractivity contribution in [3.05, 3.63) is 0 Å². The van der Waals surface area contributed by atoms with Crippen LogP contribution in [-0.2, 0) is 19.4 Å². The van der Waals surface area contributed by atoms with Crippen molar-refractivity contribution >= 4 is 16.3 Å². The minimum Gasteiger partial charge on any atom is -0.726 e. The fourth-order valence-electron chi connectivity index (χ4n) is 3.86. The molecule has 1 amide bonds. The molecule has 0 aromatic carbocycles. The third kappa shape index (κ3) is 33.3. The fourth-order valence-corrected chi connectivity index (χ4v) is 3.86. The second-order valence-electron chi connectivity index (χ2n) is 10.1. The molecule has 0 aliphatic heterocycles. The Balaban J connectivity index is 0. The van der Waals surface area contributed by atoms with Crippen molar-refractivity contribution in [3.8, 4) is 0 Å². The molecule has 9 heteroatoms. The van der Waals surface area contributed by atoms with Gasteiger partial charge in [-0.1, -0.05) is 96.8 Å². The molecule has 0 aromatic rings. The average molecular weight is 525 g/mol. The molecular weight excluding hydrogens is 468 g/mol. The van der Waals surface area contributed by atoms with E-state index in [1.807, 2.05) is 0 Å². The molecule has 0 aromatic heterocycles. The first kappa shape index (κ1) is 36.4. The van der Waals surface area contributed by atoms with E-state index < -0.39 is 10.4 Å². The molecule has 0 saturated heterocycles. The van der Waals surface area contributed by atoms with Crippen LogP contribution in [-0.4, -0.2) is 75.9 Å². The van der Waals surface area contributed by atoms with Crippen molar-refractivity contribution in [2.45, 2.75) is 116 Å². The van der Waals surface area contributed by atoms with Gasteiger partial charge in [0, 0.05) is 19.4 Å². The molecule has 0 bridgehead atoms. The SMILES string of the molecule is CCCCCCCCCCCCCCCCCC(=O)NCCC[N+](C)(C)CCO.COS(=O)(=O)[O-]. The second-order valence-corrected chi connectivity index (χ2v) is 11.2. The van der Waals surface area contributed by atoms with Crippen LogP contribution in [0.2, 0.25) is 0 Å². The number of nitrogens with one attached hydrogen (secondary N) is 1. The van der Waals surface area contributed by atoms with Gasteiger partial charge in [0.2, 0.25) is 16.3 Å². The van der Waals surface area contributed by atoms with Crippen LogP contribution in [0.5, 0.6) is 0 Å². The summed E-state index contributed by atoms with van der Waals surface area (Å²) >= 11 is 0. The smallest absolute Gasteiger partial charge is 0.219 e. The molecule has 8 nitrogen and oxygen atoms in total. The minimum absolute atomic E-state index is 0.201. The van der Waals surface area contributed by atoms with Crippen LogP contribution >= 0.6 is 0 Å². The quantitative estimate of drug-likeness (QED) is 0.0849. The largest absolute Gasteiger partial charge is 0.726 e. The van der Waals surface area contributed by atoms with Crippen molar-refractivity contribution in [2.24, 2.45) is 0 Å². The fraction of sp³-hybridized carbons (Fsp3) is 0.962. The number of hydrogen-bond acceptors (Lipinski definition) is 6. The Labute approximate surface area is 216 Å². The highest BCUT2D eigenvalue weighted by Crippen LogP contribution is 2.13. The van der Waals surface area contributed by atoms with E-state index in [1.54, 1.807) is 0 Å². The molecule has 2 N–H and O–H groups in total. The zero-order valence-corrected chi connectivity index (χ0v) is 24.0. The van der Waals surface area contributed by atoms with Gasteiger partial charge >= 0.3 is 0 Å². The highest BCUT2D eigenvalue weighted by atomic mass is 32.3. The van der Waals surface area contributed by atoms with Crippen LogP contribution in [0.25, 0.3) is 0 Å². The lowest BCUT2D eigenvalue weighted by Gasteiger charge is -2.28. The van der Waals surface area contributed by atoms with Crippen molar-refractivity contribution in [3.63, 3.8) is 0 Å². The van der Waals surface area contributed by atoms with Gasteiger partial charge in [0.25, 0.3) is 0 Å². The number of amides is 1. The molecule has 212 valence electrons. The first-order valence-electron chi connectivity index (χ1n) is 13.8. The van der Waals surface area contributed by atoms with Gasteiger partial charge in [0.05, 0.1) is 34.4 Å². The second kappa shape index (κ2) is 24.9. The van der Waals surface area contributed by atoms with Gasteiger partial charge in [0.1, 0.15) is 6.54 Å². The zero-order chi connectivity index (χ0) is 26.8. The van der Waals surface area contributed by atoms with E-state index in [0.717, 1.165) is 44.1 Å². The van der Waals surface area contributed by atoms with Gasteiger partial charge in [-0.3, -0.25) is 8.98 Å². The third-order valence-corrected chi connectivity index (χ3v) is 6.59. The van der Waals surface area contributed by atoms with Crippen LogP contribution in [0.15, 0.2) is 0 Å². The number of aliphatic hydroxyl groups excluding tert-OH is 1. The monoisotopic (exact) mass is 524 g/mol. The summed E-state index contributed by atoms with van der Waals surface area (Å²) in [6.45, 7) is 5.01. The Kier molecular flexibility index (Phi) is 25.9. The number of hydrogen-bond donors (Lipinski definition) is 2. The Bertz CT molecular complexity index is 570. The predicted octanol–water partition coefficient (Wildman–Crippen LogP) is 4.92. The number of nitrogens with zero attached hydrogens (tertiary/aromatic N) is 1. The molecule has 0 spiro atoms. The molecule has 0 saturated carbocycles. The average Bonchev–Trinajstić information content (AvgIpc) is 2.79. The van der Waals surface area contributed by atoms with Gasteiger partial charge in [-0.2, -0.15) is 0 Å². The first-order valence-corrected chi connectivity index (χ1v) is 15.1. The molecule has 0 rings (SSSR count). The molecule has 0 radical (unpaired) electrons. The Morgan fingerprint density at radius 3 is 1.57 bits per heavy atom. The van der Waals surface area contributed by atoms with Crippen molar-refractivity contribution < 1.29 is 31.5 Å². The van der Waals surface area contributed by atoms with Gasteiger partial charge in [-0.05, 0) is 6.42 Å². The maximum Gasteiger partial charge on any atom is 0.219 e. The molecule has 0 aliphatic carbocycles. The lowest BCUT2D eigenvalue weighted by atomic mass is 10.0. The van der Waals surface area contributed by atoms with Gasteiger partial charge in [0.15, 0.2) is 0 Å². The molecule has 0 aliphatic rings. The van der Waals surface area contributed by atoms with E-state index in [0.29, 0.717) is 6.42 Å². The van der Waals surface area contributed by atoms with Gasteiger partial charge in [-0.15, -0.1) is 0 Å². The maximum atomic E-state index is 11.9. The summed E-state index contributed by atoms with van der Waals surface area (Å²) in [5.74, 6) is 0.201. The van der Waals surface area contributed by atoms with E-state index >= 15 is 0 Å². The van der Waals surface area contributed by atoms with Crippen LogP contribution in [0.1, 0.15) is 116 Å². The molecular formula is C26H56N2O6S. The highest BCUT2D eigenvalue weighted by Gasteiger charge is 2.13. The summed E-state index contributed by atoms with van der Waals surface area (Å²) in [5, 5.41) is 12.1. The molecule has 0 heterocycles. The Morgan fingerprint density at radius 1 is 0.800 bits per heavy atom. The van der Waals surface area contributed by atoms with Crippen LogP contribution < -0.4 is 5.32 Å². The predicted molar refractivity (Wildman–Crippen MR) is 143 cm³/mol. The summed E-state index contributed by atoms with van der Waals surface area (Å²) < 4.78 is 31.8. The third-order valence-electron chi connectivity index (χ3n) is 6.18. The normalized spacial score (nSPS) is 11.7. The topological polar surface area (TPSA) is 116 Å². The zero-order valence-electron chi connectivity index (χ0n) is 23.2. The number of aliphatic hydroxyl groups is 1. The summed E-state index contributed by atoms with van der Waals surface area (Å²) in [5.41, 5.74) is 0. The summed E-state index contributed by atoms with van der Waals surface area (Å²) in [4.78, 5) is 11.9. The molecule has 0 atom stereocenters. The van der Waals surface area contributed by atoms with Crippen LogP contribution in [0.4, 0.5) is 0 Å². The van der Waals surface area contributed by atoms with E-state index in [-0.39, 0.29) is 12.5 Å². The van der Waals surface area contributed by atoms with Gasteiger partial charge in [-0.25, -0.2) is 8.42 Å². The Morgan fingerprint density at radius 2 is 1.20 bits per heavy atom. The number of rotatable bonds is 23. The first-order chi connectivity index (χ1) is 16.6. The standard InChI is InChI=1S/C25H52N2O2.CH4O4S/c1-4-5-6-7-8-9-10-11-12-13-14-15-16-17-18-20-25(29)26-21-19-22-27(2,3)23-24-28;1-5-6(2,3)4/h28H,4-24H2,1-3H3;1H3,(H,2,3,4).